The molecule has 2 rings (SSSR count). The average molecular weight is 277 g/mol. The van der Waals surface area contributed by atoms with Crippen molar-refractivity contribution in [3.63, 3.8) is 0 Å². The van der Waals surface area contributed by atoms with Gasteiger partial charge in [0.15, 0.2) is 0 Å². The van der Waals surface area contributed by atoms with E-state index in [0.717, 1.165) is 12.1 Å². The minimum atomic E-state index is -4.35. The van der Waals surface area contributed by atoms with Crippen molar-refractivity contribution in [3.8, 4) is 16.9 Å². The van der Waals surface area contributed by atoms with Gasteiger partial charge in [-0.1, -0.05) is 18.2 Å². The molecule has 0 saturated carbocycles. The van der Waals surface area contributed by atoms with Crippen molar-refractivity contribution in [1.82, 2.24) is 0 Å². The molecule has 20 heavy (non-hydrogen) atoms. The van der Waals surface area contributed by atoms with Crippen molar-refractivity contribution in [1.29, 1.82) is 0 Å². The van der Waals surface area contributed by atoms with Crippen LogP contribution >= 0.6 is 0 Å². The third-order valence-electron chi connectivity index (χ3n) is 2.84. The highest BCUT2D eigenvalue weighted by Gasteiger charge is 2.29. The Morgan fingerprint density at radius 1 is 1.00 bits per heavy atom. The van der Waals surface area contributed by atoms with Crippen LogP contribution in [0.4, 0.5) is 18.9 Å². The van der Waals surface area contributed by atoms with Gasteiger partial charge in [-0.3, -0.25) is 0 Å². The van der Waals surface area contributed by atoms with Crippen LogP contribution in [0.1, 0.15) is 5.56 Å². The Bertz CT molecular complexity index is 654. The molecule has 5 heteroatoms. The first-order chi connectivity index (χ1) is 9.45. The highest BCUT2D eigenvalue weighted by atomic mass is 19.4. The minimum Gasteiger partial charge on any atom is -0.508 e. The molecule has 2 nitrogen and oxygen atoms in total. The Morgan fingerprint density at radius 3 is 2.10 bits per heavy atom. The van der Waals surface area contributed by atoms with E-state index in [4.69, 9.17) is 11.3 Å². The molecule has 0 amide bonds. The van der Waals surface area contributed by atoms with Gasteiger partial charge in [0, 0.05) is 0 Å². The number of halogens is 3. The van der Waals surface area contributed by atoms with Crippen molar-refractivity contribution >= 4 is 5.69 Å². The predicted molar refractivity (Wildman–Crippen MR) is 69.7 cm³/mol. The maximum atomic E-state index is 12.5. The molecular formula is C15H10F3NO. The van der Waals surface area contributed by atoms with Crippen LogP contribution in [0.25, 0.3) is 16.0 Å². The second kappa shape index (κ2) is 5.25. The molecule has 2 aromatic rings. The lowest BCUT2D eigenvalue weighted by Gasteiger charge is -2.09. The molecule has 0 N–H and O–H groups in total. The molecule has 0 atom stereocenters. The van der Waals surface area contributed by atoms with Crippen LogP contribution in [0.3, 0.4) is 0 Å². The molecule has 0 aliphatic heterocycles. The smallest absolute Gasteiger partial charge is 0.416 e. The number of nitrogens with zero attached hydrogens (tertiary/aromatic N) is 1. The van der Waals surface area contributed by atoms with Crippen LogP contribution < -0.4 is 4.74 Å². The van der Waals surface area contributed by atoms with E-state index in [1.54, 1.807) is 18.2 Å². The van der Waals surface area contributed by atoms with Gasteiger partial charge in [-0.15, -0.1) is 0 Å². The van der Waals surface area contributed by atoms with E-state index in [1.807, 2.05) is 0 Å². The summed E-state index contributed by atoms with van der Waals surface area (Å²) in [6, 6.07) is 9.75. The lowest BCUT2D eigenvalue weighted by atomic mass is 10.0. The fourth-order valence-corrected chi connectivity index (χ4v) is 1.81. The molecule has 0 aliphatic carbocycles. The second-order valence-electron chi connectivity index (χ2n) is 4.07. The molecule has 0 aliphatic rings. The van der Waals surface area contributed by atoms with Gasteiger partial charge in [0.25, 0.3) is 0 Å². The first-order valence-corrected chi connectivity index (χ1v) is 5.69. The van der Waals surface area contributed by atoms with Crippen LogP contribution in [-0.4, -0.2) is 7.11 Å². The Hall–Kier alpha value is -2.48. The van der Waals surface area contributed by atoms with Gasteiger partial charge in [-0.2, -0.15) is 13.2 Å². The fourth-order valence-electron chi connectivity index (χ4n) is 1.81. The van der Waals surface area contributed by atoms with Gasteiger partial charge in [0.2, 0.25) is 5.69 Å². The van der Waals surface area contributed by atoms with E-state index < -0.39 is 11.7 Å². The summed E-state index contributed by atoms with van der Waals surface area (Å²) in [5.41, 5.74) is 0.918. The van der Waals surface area contributed by atoms with E-state index in [2.05, 4.69) is 4.85 Å². The maximum absolute atomic E-state index is 12.5. The van der Waals surface area contributed by atoms with Crippen LogP contribution in [-0.2, 0) is 6.18 Å². The zero-order valence-corrected chi connectivity index (χ0v) is 10.5. The van der Waals surface area contributed by atoms with E-state index >= 15 is 0 Å². The first-order valence-electron chi connectivity index (χ1n) is 5.69. The molecule has 0 radical (unpaired) electrons. The third-order valence-corrected chi connectivity index (χ3v) is 2.84. The summed E-state index contributed by atoms with van der Waals surface area (Å²) >= 11 is 0. The number of ether oxygens (including phenoxy) is 1. The summed E-state index contributed by atoms with van der Waals surface area (Å²) in [7, 11) is 1.46. The predicted octanol–water partition coefficient (Wildman–Crippen LogP) is 4.93. The zero-order valence-electron chi connectivity index (χ0n) is 10.5. The zero-order chi connectivity index (χ0) is 14.8. The van der Waals surface area contributed by atoms with Crippen molar-refractivity contribution in [2.75, 3.05) is 7.11 Å². The Balaban J connectivity index is 2.40. The Kier molecular flexibility index (Phi) is 3.66. The summed E-state index contributed by atoms with van der Waals surface area (Å²) in [6.45, 7) is 7.06. The fraction of sp³-hybridized carbons (Fsp3) is 0.133. The van der Waals surface area contributed by atoms with E-state index in [0.29, 0.717) is 22.6 Å². The molecule has 0 bridgehead atoms. The Labute approximate surface area is 114 Å². The quantitative estimate of drug-likeness (QED) is 0.709. The molecule has 0 saturated heterocycles. The SMILES string of the molecule is [C-]#[N+]c1cc(-c2ccc(C(F)(F)F)cc2)ccc1OC. The average Bonchev–Trinajstić information content (AvgIpc) is 2.45. The Morgan fingerprint density at radius 2 is 1.60 bits per heavy atom. The monoisotopic (exact) mass is 277 g/mol. The molecule has 102 valence electrons. The number of rotatable bonds is 2. The van der Waals surface area contributed by atoms with Crippen LogP contribution in [0.15, 0.2) is 42.5 Å². The highest BCUT2D eigenvalue weighted by Crippen LogP contribution is 2.34. The van der Waals surface area contributed by atoms with Gasteiger partial charge in [-0.25, -0.2) is 4.85 Å². The molecule has 0 spiro atoms. The minimum absolute atomic E-state index is 0.324. The molecule has 0 unspecified atom stereocenters. The van der Waals surface area contributed by atoms with Crippen LogP contribution in [0.5, 0.6) is 5.75 Å². The van der Waals surface area contributed by atoms with Crippen LogP contribution in [0.2, 0.25) is 0 Å². The maximum Gasteiger partial charge on any atom is 0.416 e. The second-order valence-corrected chi connectivity index (χ2v) is 4.07. The third kappa shape index (κ3) is 2.75. The van der Waals surface area contributed by atoms with Crippen molar-refractivity contribution in [2.45, 2.75) is 6.18 Å². The van der Waals surface area contributed by atoms with E-state index in [1.165, 1.54) is 19.2 Å². The van der Waals surface area contributed by atoms with Crippen molar-refractivity contribution < 1.29 is 17.9 Å². The van der Waals surface area contributed by atoms with Crippen LogP contribution in [0, 0.1) is 6.57 Å². The van der Waals surface area contributed by atoms with Gasteiger partial charge >= 0.3 is 6.18 Å². The summed E-state index contributed by atoms with van der Waals surface area (Å²) < 4.78 is 42.5. The van der Waals surface area contributed by atoms with Crippen molar-refractivity contribution in [2.24, 2.45) is 0 Å². The largest absolute Gasteiger partial charge is 0.508 e. The van der Waals surface area contributed by atoms with Crippen molar-refractivity contribution in [3.05, 3.63) is 59.4 Å². The summed E-state index contributed by atoms with van der Waals surface area (Å²) in [5, 5.41) is 0. The van der Waals surface area contributed by atoms with E-state index in [9.17, 15) is 13.2 Å². The lowest BCUT2D eigenvalue weighted by molar-refractivity contribution is -0.137. The standard InChI is InChI=1S/C15H10F3NO/c1-19-13-9-11(5-8-14(13)20-2)10-3-6-12(7-4-10)15(16,17)18/h3-9H,2H3. The van der Waals surface area contributed by atoms with E-state index in [-0.39, 0.29) is 0 Å². The number of alkyl halides is 3. The van der Waals surface area contributed by atoms with Gasteiger partial charge in [0.05, 0.1) is 19.2 Å². The topological polar surface area (TPSA) is 13.6 Å². The van der Waals surface area contributed by atoms with Gasteiger partial charge in [0.1, 0.15) is 5.75 Å². The molecule has 0 heterocycles. The number of hydrogen-bond donors (Lipinski definition) is 0. The van der Waals surface area contributed by atoms with Gasteiger partial charge in [-0.05, 0) is 35.4 Å². The highest BCUT2D eigenvalue weighted by molar-refractivity contribution is 5.72. The normalized spacial score (nSPS) is 10.9. The summed E-state index contributed by atoms with van der Waals surface area (Å²) in [4.78, 5) is 3.33. The number of hydrogen-bond acceptors (Lipinski definition) is 1. The van der Waals surface area contributed by atoms with Gasteiger partial charge < -0.3 is 4.74 Å². The molecule has 0 aromatic heterocycles. The number of methoxy groups -OCH3 is 1. The number of benzene rings is 2. The lowest BCUT2D eigenvalue weighted by Crippen LogP contribution is -2.03. The molecule has 2 aromatic carbocycles. The summed E-state index contributed by atoms with van der Waals surface area (Å²) in [6.07, 6.45) is -4.35. The molecule has 0 fully saturated rings. The molecular weight excluding hydrogens is 267 g/mol. The first kappa shape index (κ1) is 13.9. The summed E-state index contributed by atoms with van der Waals surface area (Å²) in [5.74, 6) is 0.440.